The van der Waals surface area contributed by atoms with Gasteiger partial charge in [0, 0.05) is 19.3 Å². The summed E-state index contributed by atoms with van der Waals surface area (Å²) >= 11 is 0. The van der Waals surface area contributed by atoms with Gasteiger partial charge in [0.2, 0.25) is 0 Å². The normalized spacial score (nSPS) is 20.7. The summed E-state index contributed by atoms with van der Waals surface area (Å²) in [6.45, 7) is 2.81. The average Bonchev–Trinajstić information content (AvgIpc) is 2.65. The van der Waals surface area contributed by atoms with Crippen molar-refractivity contribution in [3.8, 4) is 0 Å². The quantitative estimate of drug-likeness (QED) is 0.703. The van der Waals surface area contributed by atoms with Crippen molar-refractivity contribution in [2.75, 3.05) is 13.1 Å². The third kappa shape index (κ3) is 2.12. The second-order valence-corrected chi connectivity index (χ2v) is 3.74. The van der Waals surface area contributed by atoms with Crippen molar-refractivity contribution in [3.63, 3.8) is 0 Å². The van der Waals surface area contributed by atoms with Crippen LogP contribution in [-0.4, -0.2) is 45.1 Å². The summed E-state index contributed by atoms with van der Waals surface area (Å²) in [6.07, 6.45) is 3.29. The van der Waals surface area contributed by atoms with Gasteiger partial charge in [-0.05, 0) is 13.3 Å². The van der Waals surface area contributed by atoms with E-state index in [9.17, 15) is 9.90 Å². The smallest absolute Gasteiger partial charge is 0.274 e. The number of likely N-dealkylation sites (tertiary alicyclic amines) is 1. The molecule has 0 aromatic carbocycles. The first-order chi connectivity index (χ1) is 7.16. The van der Waals surface area contributed by atoms with Crippen molar-refractivity contribution in [2.45, 2.75) is 19.4 Å². The molecule has 1 atom stereocenters. The Kier molecular flexibility index (Phi) is 2.64. The molecule has 80 valence electrons. The molecule has 1 saturated heterocycles. The van der Waals surface area contributed by atoms with E-state index < -0.39 is 6.10 Å². The minimum atomic E-state index is -0.396. The Balaban J connectivity index is 2.11. The predicted molar refractivity (Wildman–Crippen MR) is 53.3 cm³/mol. The van der Waals surface area contributed by atoms with Crippen molar-refractivity contribution in [1.29, 1.82) is 0 Å². The highest BCUT2D eigenvalue weighted by Gasteiger charge is 2.26. The van der Waals surface area contributed by atoms with Gasteiger partial charge in [-0.1, -0.05) is 0 Å². The minimum absolute atomic E-state index is 0.154. The van der Waals surface area contributed by atoms with E-state index in [1.807, 2.05) is 6.92 Å². The summed E-state index contributed by atoms with van der Waals surface area (Å²) in [6, 6.07) is 0. The molecule has 1 aliphatic rings. The molecule has 0 radical (unpaired) electrons. The first kappa shape index (κ1) is 10.0. The Morgan fingerprint density at radius 3 is 2.87 bits per heavy atom. The number of rotatable bonds is 1. The number of hydrogen-bond acceptors (Lipinski definition) is 4. The third-order valence-corrected chi connectivity index (χ3v) is 2.45. The lowest BCUT2D eigenvalue weighted by molar-refractivity contribution is 0.0758. The fraction of sp³-hybridized carbons (Fsp3) is 0.500. The van der Waals surface area contributed by atoms with Gasteiger partial charge in [0.25, 0.3) is 5.91 Å². The topological polar surface area (TPSA) is 66.3 Å². The molecule has 1 aliphatic heterocycles. The third-order valence-electron chi connectivity index (χ3n) is 2.45. The Bertz CT molecular complexity index is 363. The molecule has 5 nitrogen and oxygen atoms in total. The highest BCUT2D eigenvalue weighted by Crippen LogP contribution is 2.11. The molecule has 0 aliphatic carbocycles. The Labute approximate surface area is 87.8 Å². The largest absolute Gasteiger partial charge is 0.391 e. The molecule has 1 aromatic rings. The van der Waals surface area contributed by atoms with Crippen molar-refractivity contribution in [3.05, 3.63) is 23.8 Å². The summed E-state index contributed by atoms with van der Waals surface area (Å²) in [5, 5.41) is 9.31. The van der Waals surface area contributed by atoms with E-state index in [1.165, 1.54) is 6.20 Å². The predicted octanol–water partition coefficient (Wildman–Crippen LogP) is -0.00818. The fourth-order valence-electron chi connectivity index (χ4n) is 1.59. The van der Waals surface area contributed by atoms with Gasteiger partial charge in [-0.25, -0.2) is 4.98 Å². The molecule has 2 rings (SSSR count). The highest BCUT2D eigenvalue weighted by atomic mass is 16.3. The highest BCUT2D eigenvalue weighted by molar-refractivity contribution is 5.92. The molecule has 1 N–H and O–H groups in total. The molecule has 1 amide bonds. The van der Waals surface area contributed by atoms with E-state index in [4.69, 9.17) is 0 Å². The van der Waals surface area contributed by atoms with Crippen LogP contribution < -0.4 is 0 Å². The van der Waals surface area contributed by atoms with Gasteiger partial charge in [-0.15, -0.1) is 0 Å². The summed E-state index contributed by atoms with van der Waals surface area (Å²) in [7, 11) is 0. The number of aromatic nitrogens is 2. The lowest BCUT2D eigenvalue weighted by Gasteiger charge is -2.14. The number of amides is 1. The Morgan fingerprint density at radius 1 is 1.53 bits per heavy atom. The van der Waals surface area contributed by atoms with Gasteiger partial charge in [0.15, 0.2) is 0 Å². The van der Waals surface area contributed by atoms with Crippen LogP contribution in [0.25, 0.3) is 0 Å². The van der Waals surface area contributed by atoms with E-state index in [0.717, 1.165) is 5.69 Å². The number of carbonyl (C=O) groups excluding carboxylic acids is 1. The number of aliphatic hydroxyl groups is 1. The summed E-state index contributed by atoms with van der Waals surface area (Å²) in [4.78, 5) is 21.4. The minimum Gasteiger partial charge on any atom is -0.391 e. The van der Waals surface area contributed by atoms with E-state index in [1.54, 1.807) is 11.1 Å². The Morgan fingerprint density at radius 2 is 2.33 bits per heavy atom. The van der Waals surface area contributed by atoms with Crippen LogP contribution in [0.5, 0.6) is 0 Å². The second-order valence-electron chi connectivity index (χ2n) is 3.74. The molecule has 0 spiro atoms. The van der Waals surface area contributed by atoms with Crippen LogP contribution in [0.4, 0.5) is 0 Å². The first-order valence-electron chi connectivity index (χ1n) is 4.93. The molecule has 1 unspecified atom stereocenters. The molecule has 1 fully saturated rings. The van der Waals surface area contributed by atoms with E-state index in [-0.39, 0.29) is 5.91 Å². The molecule has 15 heavy (non-hydrogen) atoms. The molecule has 0 bridgehead atoms. The lowest BCUT2D eigenvalue weighted by Crippen LogP contribution is -2.30. The van der Waals surface area contributed by atoms with Gasteiger partial charge in [0.1, 0.15) is 5.69 Å². The van der Waals surface area contributed by atoms with Crippen LogP contribution in [0, 0.1) is 6.92 Å². The van der Waals surface area contributed by atoms with Crippen LogP contribution in [0.1, 0.15) is 22.6 Å². The van der Waals surface area contributed by atoms with Crippen LogP contribution >= 0.6 is 0 Å². The maximum absolute atomic E-state index is 11.8. The zero-order valence-electron chi connectivity index (χ0n) is 8.55. The zero-order chi connectivity index (χ0) is 10.8. The zero-order valence-corrected chi connectivity index (χ0v) is 8.55. The van der Waals surface area contributed by atoms with Gasteiger partial charge < -0.3 is 10.0 Å². The van der Waals surface area contributed by atoms with Crippen molar-refractivity contribution in [1.82, 2.24) is 14.9 Å². The van der Waals surface area contributed by atoms with Crippen LogP contribution in [0.2, 0.25) is 0 Å². The van der Waals surface area contributed by atoms with Crippen molar-refractivity contribution >= 4 is 5.91 Å². The average molecular weight is 207 g/mol. The van der Waals surface area contributed by atoms with Gasteiger partial charge in [-0.3, -0.25) is 9.78 Å². The first-order valence-corrected chi connectivity index (χ1v) is 4.93. The standard InChI is InChI=1S/C10H13N3O2/c1-7-4-12-9(5-11-7)10(15)13-3-2-8(14)6-13/h4-5,8,14H,2-3,6H2,1H3. The molecule has 1 aromatic heterocycles. The van der Waals surface area contributed by atoms with Gasteiger partial charge >= 0.3 is 0 Å². The fourth-order valence-corrected chi connectivity index (χ4v) is 1.59. The number of aliphatic hydroxyl groups excluding tert-OH is 1. The van der Waals surface area contributed by atoms with Crippen LogP contribution in [0.15, 0.2) is 12.4 Å². The molecular formula is C10H13N3O2. The maximum Gasteiger partial charge on any atom is 0.274 e. The maximum atomic E-state index is 11.8. The summed E-state index contributed by atoms with van der Waals surface area (Å²) in [5.41, 5.74) is 1.13. The molecular weight excluding hydrogens is 194 g/mol. The van der Waals surface area contributed by atoms with Crippen LogP contribution in [-0.2, 0) is 0 Å². The monoisotopic (exact) mass is 207 g/mol. The van der Waals surface area contributed by atoms with E-state index in [0.29, 0.717) is 25.2 Å². The van der Waals surface area contributed by atoms with Crippen molar-refractivity contribution < 1.29 is 9.90 Å². The second kappa shape index (κ2) is 3.94. The number of nitrogens with zero attached hydrogens (tertiary/aromatic N) is 3. The van der Waals surface area contributed by atoms with E-state index >= 15 is 0 Å². The van der Waals surface area contributed by atoms with Crippen LogP contribution in [0.3, 0.4) is 0 Å². The number of carbonyl (C=O) groups is 1. The summed E-state index contributed by atoms with van der Waals surface area (Å²) in [5.74, 6) is -0.154. The number of hydrogen-bond donors (Lipinski definition) is 1. The van der Waals surface area contributed by atoms with E-state index in [2.05, 4.69) is 9.97 Å². The van der Waals surface area contributed by atoms with Crippen molar-refractivity contribution in [2.24, 2.45) is 0 Å². The lowest BCUT2D eigenvalue weighted by atomic mass is 10.3. The SMILES string of the molecule is Cc1cnc(C(=O)N2CCC(O)C2)cn1. The Hall–Kier alpha value is -1.49. The van der Waals surface area contributed by atoms with Gasteiger partial charge in [-0.2, -0.15) is 0 Å². The molecule has 2 heterocycles. The molecule has 5 heteroatoms. The number of aryl methyl sites for hydroxylation is 1. The number of β-amino-alcohol motifs (C(OH)–C–C–N with tert-alkyl or cyclic N) is 1. The molecule has 0 saturated carbocycles. The summed E-state index contributed by atoms with van der Waals surface area (Å²) < 4.78 is 0. The van der Waals surface area contributed by atoms with Gasteiger partial charge in [0.05, 0.1) is 18.0 Å².